The van der Waals surface area contributed by atoms with Crippen LogP contribution < -0.4 is 14.2 Å². The molecule has 0 spiro atoms. The number of carbonyl (C=O) groups is 1. The first kappa shape index (κ1) is 21.0. The highest BCUT2D eigenvalue weighted by Crippen LogP contribution is 2.43. The van der Waals surface area contributed by atoms with Gasteiger partial charge in [0.25, 0.3) is 0 Å². The van der Waals surface area contributed by atoms with Gasteiger partial charge in [0, 0.05) is 0 Å². The number of likely N-dealkylation sites (tertiary alicyclic amines) is 1. The van der Waals surface area contributed by atoms with Gasteiger partial charge in [0.15, 0.2) is 11.5 Å². The molecule has 0 amide bonds. The monoisotopic (exact) mass is 399 g/mol. The third-order valence-electron chi connectivity index (χ3n) is 5.56. The average Bonchev–Trinajstić information content (AvgIpc) is 2.74. The topological polar surface area (TPSA) is 68.2 Å². The van der Waals surface area contributed by atoms with Crippen molar-refractivity contribution in [2.45, 2.75) is 38.3 Å². The summed E-state index contributed by atoms with van der Waals surface area (Å²) in [6.07, 6.45) is 2.53. The van der Waals surface area contributed by atoms with Crippen LogP contribution in [0.15, 0.2) is 36.4 Å². The Labute approximate surface area is 172 Å². The fourth-order valence-electron chi connectivity index (χ4n) is 4.11. The zero-order valence-corrected chi connectivity index (χ0v) is 17.5. The third kappa shape index (κ3) is 4.32. The van der Waals surface area contributed by atoms with E-state index in [2.05, 4.69) is 29.2 Å². The molecular weight excluding hydrogens is 370 g/mol. The van der Waals surface area contributed by atoms with E-state index >= 15 is 0 Å². The molecule has 2 atom stereocenters. The van der Waals surface area contributed by atoms with Crippen LogP contribution in [0.1, 0.15) is 42.0 Å². The summed E-state index contributed by atoms with van der Waals surface area (Å²) in [7, 11) is 4.74. The van der Waals surface area contributed by atoms with E-state index in [1.807, 2.05) is 19.1 Å². The smallest absolute Gasteiger partial charge is 0.320 e. The molecule has 0 aliphatic carbocycles. The maximum atomic E-state index is 12.0. The van der Waals surface area contributed by atoms with Gasteiger partial charge in [-0.1, -0.05) is 36.2 Å². The summed E-state index contributed by atoms with van der Waals surface area (Å²) >= 11 is 0. The van der Waals surface area contributed by atoms with Crippen molar-refractivity contribution < 1.29 is 24.1 Å². The molecule has 1 fully saturated rings. The van der Waals surface area contributed by atoms with Crippen LogP contribution in [0.4, 0.5) is 0 Å². The van der Waals surface area contributed by atoms with Crippen LogP contribution in [0.3, 0.4) is 0 Å². The Morgan fingerprint density at radius 2 is 1.62 bits per heavy atom. The maximum Gasteiger partial charge on any atom is 0.320 e. The molecule has 1 saturated heterocycles. The molecule has 3 rings (SSSR count). The van der Waals surface area contributed by atoms with Gasteiger partial charge in [-0.3, -0.25) is 9.69 Å². The highest BCUT2D eigenvalue weighted by Gasteiger charge is 2.36. The van der Waals surface area contributed by atoms with Crippen LogP contribution in [0.25, 0.3) is 0 Å². The maximum absolute atomic E-state index is 12.0. The standard InChI is InChI=1S/C23H29NO5/c1-15-8-10-16(11-9-15)21(24-12-6-5-7-18(24)23(25)26)17-13-19(27-2)22(29-4)20(14-17)28-3/h8-11,13-14,18,21H,5-7,12H2,1-4H3,(H,25,26). The molecule has 2 aromatic carbocycles. The summed E-state index contributed by atoms with van der Waals surface area (Å²) in [6.45, 7) is 2.76. The van der Waals surface area contributed by atoms with Crippen molar-refractivity contribution in [2.24, 2.45) is 0 Å². The van der Waals surface area contributed by atoms with Crippen LogP contribution in [-0.2, 0) is 4.79 Å². The number of piperidine rings is 1. The van der Waals surface area contributed by atoms with Crippen LogP contribution in [0, 0.1) is 6.92 Å². The number of aliphatic carboxylic acids is 1. The molecule has 6 nitrogen and oxygen atoms in total. The molecule has 0 aromatic heterocycles. The number of hydrogen-bond donors (Lipinski definition) is 1. The fraction of sp³-hybridized carbons (Fsp3) is 0.435. The summed E-state index contributed by atoms with van der Waals surface area (Å²) in [5.74, 6) is 0.856. The normalized spacial score (nSPS) is 18.1. The van der Waals surface area contributed by atoms with Crippen molar-refractivity contribution in [1.29, 1.82) is 0 Å². The first-order chi connectivity index (χ1) is 14.0. The highest BCUT2D eigenvalue weighted by atomic mass is 16.5. The lowest BCUT2D eigenvalue weighted by Crippen LogP contribution is -2.46. The molecule has 0 saturated carbocycles. The van der Waals surface area contributed by atoms with Gasteiger partial charge in [0.1, 0.15) is 6.04 Å². The number of carboxylic acids is 1. The Kier molecular flexibility index (Phi) is 6.64. The summed E-state index contributed by atoms with van der Waals surface area (Å²) in [5, 5.41) is 9.87. The van der Waals surface area contributed by atoms with Crippen LogP contribution >= 0.6 is 0 Å². The van der Waals surface area contributed by atoms with Crippen LogP contribution in [0.5, 0.6) is 17.2 Å². The first-order valence-electron chi connectivity index (χ1n) is 9.85. The van der Waals surface area contributed by atoms with Gasteiger partial charge >= 0.3 is 5.97 Å². The average molecular weight is 399 g/mol. The first-order valence-corrected chi connectivity index (χ1v) is 9.85. The molecular formula is C23H29NO5. The number of methoxy groups -OCH3 is 3. The number of rotatable bonds is 7. The minimum absolute atomic E-state index is 0.231. The van der Waals surface area contributed by atoms with Gasteiger partial charge in [0.05, 0.1) is 27.4 Å². The molecule has 1 aliphatic heterocycles. The second kappa shape index (κ2) is 9.18. The zero-order chi connectivity index (χ0) is 21.0. The minimum atomic E-state index is -0.783. The van der Waals surface area contributed by atoms with E-state index in [1.54, 1.807) is 21.3 Å². The van der Waals surface area contributed by atoms with Crippen molar-refractivity contribution in [2.75, 3.05) is 27.9 Å². The summed E-state index contributed by atoms with van der Waals surface area (Å²) in [5.41, 5.74) is 3.11. The van der Waals surface area contributed by atoms with E-state index in [9.17, 15) is 9.90 Å². The van der Waals surface area contributed by atoms with E-state index in [4.69, 9.17) is 14.2 Å². The number of hydrogen-bond acceptors (Lipinski definition) is 5. The number of ether oxygens (including phenoxy) is 3. The van der Waals surface area contributed by atoms with Gasteiger partial charge in [-0.15, -0.1) is 0 Å². The van der Waals surface area contributed by atoms with Gasteiger partial charge in [-0.25, -0.2) is 0 Å². The summed E-state index contributed by atoms with van der Waals surface area (Å²) in [4.78, 5) is 14.1. The minimum Gasteiger partial charge on any atom is -0.493 e. The van der Waals surface area contributed by atoms with E-state index < -0.39 is 12.0 Å². The van der Waals surface area contributed by atoms with Gasteiger partial charge in [0.2, 0.25) is 5.75 Å². The van der Waals surface area contributed by atoms with E-state index in [0.29, 0.717) is 30.2 Å². The molecule has 29 heavy (non-hydrogen) atoms. The van der Waals surface area contributed by atoms with E-state index in [1.165, 1.54) is 0 Å². The molecule has 6 heteroatoms. The molecule has 1 aliphatic rings. The molecule has 1 heterocycles. The zero-order valence-electron chi connectivity index (χ0n) is 17.5. The van der Waals surface area contributed by atoms with Crippen molar-refractivity contribution in [1.82, 2.24) is 4.90 Å². The molecule has 1 N–H and O–H groups in total. The van der Waals surface area contributed by atoms with Gasteiger partial charge in [-0.05, 0) is 49.6 Å². The summed E-state index contributed by atoms with van der Waals surface area (Å²) < 4.78 is 16.6. The van der Waals surface area contributed by atoms with Gasteiger partial charge < -0.3 is 19.3 Å². The molecule has 2 unspecified atom stereocenters. The van der Waals surface area contributed by atoms with E-state index in [0.717, 1.165) is 29.5 Å². The quantitative estimate of drug-likeness (QED) is 0.758. The lowest BCUT2D eigenvalue weighted by atomic mass is 9.91. The van der Waals surface area contributed by atoms with Gasteiger partial charge in [-0.2, -0.15) is 0 Å². The van der Waals surface area contributed by atoms with Crippen LogP contribution in [0.2, 0.25) is 0 Å². The Bertz CT molecular complexity index is 824. The number of nitrogens with zero attached hydrogens (tertiary/aromatic N) is 1. The number of benzene rings is 2. The molecule has 156 valence electrons. The lowest BCUT2D eigenvalue weighted by molar-refractivity contribution is -0.145. The second-order valence-electron chi connectivity index (χ2n) is 7.36. The SMILES string of the molecule is COc1cc(C(c2ccc(C)cc2)N2CCCCC2C(=O)O)cc(OC)c1OC. The molecule has 0 radical (unpaired) electrons. The predicted molar refractivity (Wildman–Crippen MR) is 111 cm³/mol. The largest absolute Gasteiger partial charge is 0.493 e. The number of aryl methyl sites for hydroxylation is 1. The summed E-state index contributed by atoms with van der Waals surface area (Å²) in [6, 6.07) is 11.3. The van der Waals surface area contributed by atoms with E-state index in [-0.39, 0.29) is 6.04 Å². The highest BCUT2D eigenvalue weighted by molar-refractivity contribution is 5.74. The number of carboxylic acid groups (broad SMARTS) is 1. The van der Waals surface area contributed by atoms with Crippen molar-refractivity contribution in [3.8, 4) is 17.2 Å². The van der Waals surface area contributed by atoms with Crippen molar-refractivity contribution in [3.63, 3.8) is 0 Å². The predicted octanol–water partition coefficient (Wildman–Crippen LogP) is 4.05. The fourth-order valence-corrected chi connectivity index (χ4v) is 4.11. The molecule has 2 aromatic rings. The second-order valence-corrected chi connectivity index (χ2v) is 7.36. The Balaban J connectivity index is 2.17. The van der Waals surface area contributed by atoms with Crippen molar-refractivity contribution >= 4 is 5.97 Å². The third-order valence-corrected chi connectivity index (χ3v) is 5.56. The van der Waals surface area contributed by atoms with Crippen molar-refractivity contribution in [3.05, 3.63) is 53.1 Å². The lowest BCUT2D eigenvalue weighted by Gasteiger charge is -2.40. The Morgan fingerprint density at radius 3 is 2.14 bits per heavy atom. The Hall–Kier alpha value is -2.73. The molecule has 0 bridgehead atoms. The Morgan fingerprint density at radius 1 is 1.00 bits per heavy atom. The van der Waals surface area contributed by atoms with Crippen LogP contribution in [-0.4, -0.2) is 49.9 Å².